The summed E-state index contributed by atoms with van der Waals surface area (Å²) in [6.45, 7) is 6.15. The van der Waals surface area contributed by atoms with E-state index >= 15 is 0 Å². The van der Waals surface area contributed by atoms with Crippen LogP contribution in [0.2, 0.25) is 0 Å². The van der Waals surface area contributed by atoms with E-state index in [1.165, 1.54) is 12.8 Å². The normalized spacial score (nSPS) is 18.1. The lowest BCUT2D eigenvalue weighted by Crippen LogP contribution is -2.21. The van der Waals surface area contributed by atoms with Gasteiger partial charge in [0, 0.05) is 11.8 Å². The predicted molar refractivity (Wildman–Crippen MR) is 65.0 cm³/mol. The Balaban J connectivity index is 2.02. The van der Waals surface area contributed by atoms with E-state index < -0.39 is 0 Å². The summed E-state index contributed by atoms with van der Waals surface area (Å²) < 4.78 is 11.0. The Bertz CT molecular complexity index is 215. The first-order valence-electron chi connectivity index (χ1n) is 5.52. The van der Waals surface area contributed by atoms with Crippen LogP contribution in [0.4, 0.5) is 0 Å². The molecule has 4 heteroatoms. The summed E-state index contributed by atoms with van der Waals surface area (Å²) in [6, 6.07) is 0. The van der Waals surface area contributed by atoms with E-state index in [0.717, 1.165) is 13.0 Å². The molecular formula is C11H21NO2S. The number of hydrogen-bond donors (Lipinski definition) is 1. The summed E-state index contributed by atoms with van der Waals surface area (Å²) in [6.07, 6.45) is 3.48. The van der Waals surface area contributed by atoms with Gasteiger partial charge in [0.2, 0.25) is 0 Å². The van der Waals surface area contributed by atoms with E-state index in [0.29, 0.717) is 18.2 Å². The molecule has 0 unspecified atom stereocenters. The van der Waals surface area contributed by atoms with Gasteiger partial charge in [-0.05, 0) is 26.7 Å². The maximum atomic E-state index is 5.57. The molecule has 0 bridgehead atoms. The molecule has 0 aromatic rings. The third-order valence-electron chi connectivity index (χ3n) is 2.59. The van der Waals surface area contributed by atoms with E-state index in [2.05, 4.69) is 0 Å². The molecule has 1 rings (SSSR count). The molecule has 0 atom stereocenters. The molecule has 1 saturated carbocycles. The van der Waals surface area contributed by atoms with E-state index in [-0.39, 0.29) is 11.5 Å². The van der Waals surface area contributed by atoms with E-state index in [1.54, 1.807) is 0 Å². The van der Waals surface area contributed by atoms with Crippen molar-refractivity contribution in [1.29, 1.82) is 0 Å². The van der Waals surface area contributed by atoms with Crippen molar-refractivity contribution in [3.8, 4) is 0 Å². The van der Waals surface area contributed by atoms with Crippen LogP contribution in [0, 0.1) is 5.41 Å². The minimum Gasteiger partial charge on any atom is -0.393 e. The molecule has 1 fully saturated rings. The first kappa shape index (κ1) is 12.9. The first-order chi connectivity index (χ1) is 7.04. The Labute approximate surface area is 97.3 Å². The largest absolute Gasteiger partial charge is 0.393 e. The predicted octanol–water partition coefficient (Wildman–Crippen LogP) is 1.88. The van der Waals surface area contributed by atoms with Crippen LogP contribution in [0.1, 0.15) is 33.1 Å². The molecule has 0 saturated heterocycles. The molecule has 0 spiro atoms. The van der Waals surface area contributed by atoms with Crippen molar-refractivity contribution in [1.82, 2.24) is 0 Å². The molecule has 1 aliphatic rings. The molecule has 0 amide bonds. The fourth-order valence-electron chi connectivity index (χ4n) is 1.55. The number of hydrogen-bond acceptors (Lipinski definition) is 3. The van der Waals surface area contributed by atoms with Gasteiger partial charge in [-0.1, -0.05) is 12.2 Å². The van der Waals surface area contributed by atoms with E-state index in [1.807, 2.05) is 13.8 Å². The zero-order chi connectivity index (χ0) is 11.3. The fraction of sp³-hybridized carbons (Fsp3) is 0.909. The Hall–Kier alpha value is -0.190. The van der Waals surface area contributed by atoms with Crippen LogP contribution < -0.4 is 5.73 Å². The van der Waals surface area contributed by atoms with Crippen LogP contribution in [0.3, 0.4) is 0 Å². The fourth-order valence-corrected chi connectivity index (χ4v) is 1.86. The van der Waals surface area contributed by atoms with Crippen molar-refractivity contribution < 1.29 is 9.47 Å². The van der Waals surface area contributed by atoms with E-state index in [4.69, 9.17) is 27.4 Å². The zero-order valence-corrected chi connectivity index (χ0v) is 10.4. The van der Waals surface area contributed by atoms with Crippen LogP contribution in [0.5, 0.6) is 0 Å². The van der Waals surface area contributed by atoms with Crippen LogP contribution in [-0.2, 0) is 9.47 Å². The van der Waals surface area contributed by atoms with Crippen molar-refractivity contribution in [3.05, 3.63) is 0 Å². The number of nitrogens with two attached hydrogens (primary N) is 1. The molecule has 3 nitrogen and oxygen atoms in total. The van der Waals surface area contributed by atoms with Gasteiger partial charge >= 0.3 is 0 Å². The highest BCUT2D eigenvalue weighted by Crippen LogP contribution is 2.48. The molecule has 0 aliphatic heterocycles. The Morgan fingerprint density at radius 3 is 2.53 bits per heavy atom. The number of ether oxygens (including phenoxy) is 2. The maximum Gasteiger partial charge on any atom is 0.0733 e. The Kier molecular flexibility index (Phi) is 4.96. The minimum absolute atomic E-state index is 0.268. The maximum absolute atomic E-state index is 5.57. The third-order valence-corrected chi connectivity index (χ3v) is 2.74. The van der Waals surface area contributed by atoms with Crippen LogP contribution in [0.15, 0.2) is 0 Å². The summed E-state index contributed by atoms with van der Waals surface area (Å²) in [5, 5.41) is 0. The average Bonchev–Trinajstić information content (AvgIpc) is 2.83. The topological polar surface area (TPSA) is 44.5 Å². The summed E-state index contributed by atoms with van der Waals surface area (Å²) in [5.74, 6) is 0. The molecule has 0 radical (unpaired) electrons. The van der Waals surface area contributed by atoms with Crippen molar-refractivity contribution in [2.75, 3.05) is 19.8 Å². The highest BCUT2D eigenvalue weighted by atomic mass is 32.1. The quantitative estimate of drug-likeness (QED) is 0.512. The average molecular weight is 231 g/mol. The molecule has 2 N–H and O–H groups in total. The van der Waals surface area contributed by atoms with E-state index in [9.17, 15) is 0 Å². The molecular weight excluding hydrogens is 210 g/mol. The summed E-state index contributed by atoms with van der Waals surface area (Å²) in [7, 11) is 0. The van der Waals surface area contributed by atoms with Gasteiger partial charge in [-0.15, -0.1) is 0 Å². The van der Waals surface area contributed by atoms with Gasteiger partial charge in [-0.3, -0.25) is 0 Å². The van der Waals surface area contributed by atoms with Gasteiger partial charge in [0.25, 0.3) is 0 Å². The first-order valence-corrected chi connectivity index (χ1v) is 5.93. The molecule has 1 aliphatic carbocycles. The minimum atomic E-state index is 0.268. The second-order valence-electron chi connectivity index (χ2n) is 4.62. The molecule has 88 valence electrons. The second-order valence-corrected chi connectivity index (χ2v) is 5.14. The van der Waals surface area contributed by atoms with Gasteiger partial charge < -0.3 is 15.2 Å². The second kappa shape index (κ2) is 5.77. The summed E-state index contributed by atoms with van der Waals surface area (Å²) >= 11 is 4.92. The molecule has 0 aromatic heterocycles. The van der Waals surface area contributed by atoms with Crippen LogP contribution >= 0.6 is 12.2 Å². The van der Waals surface area contributed by atoms with Gasteiger partial charge in [-0.25, -0.2) is 0 Å². The lowest BCUT2D eigenvalue weighted by Gasteiger charge is -2.15. The van der Waals surface area contributed by atoms with Gasteiger partial charge in [0.15, 0.2) is 0 Å². The van der Waals surface area contributed by atoms with Crippen LogP contribution in [0.25, 0.3) is 0 Å². The van der Waals surface area contributed by atoms with Crippen molar-refractivity contribution in [2.45, 2.75) is 39.2 Å². The van der Waals surface area contributed by atoms with Gasteiger partial charge in [-0.2, -0.15) is 0 Å². The standard InChI is InChI=1S/C11H21NO2S/c1-9(2)14-6-5-13-8-11(3-4-11)7-10(12)15/h9H,3-8H2,1-2H3,(H2,12,15). The third kappa shape index (κ3) is 5.44. The summed E-state index contributed by atoms with van der Waals surface area (Å²) in [5.41, 5.74) is 5.81. The SMILES string of the molecule is CC(C)OCCOCC1(CC(N)=S)CC1. The van der Waals surface area contributed by atoms with Crippen LogP contribution in [-0.4, -0.2) is 30.9 Å². The molecule has 0 aromatic carbocycles. The monoisotopic (exact) mass is 231 g/mol. The van der Waals surface area contributed by atoms with Gasteiger partial charge in [0.1, 0.15) is 0 Å². The number of thiocarbonyl (C=S) groups is 1. The van der Waals surface area contributed by atoms with Crippen molar-refractivity contribution in [2.24, 2.45) is 11.1 Å². The number of rotatable bonds is 8. The molecule has 15 heavy (non-hydrogen) atoms. The Morgan fingerprint density at radius 1 is 1.40 bits per heavy atom. The van der Waals surface area contributed by atoms with Crippen molar-refractivity contribution in [3.63, 3.8) is 0 Å². The van der Waals surface area contributed by atoms with Crippen molar-refractivity contribution >= 4 is 17.2 Å². The highest BCUT2D eigenvalue weighted by molar-refractivity contribution is 7.80. The molecule has 0 heterocycles. The Morgan fingerprint density at radius 2 is 2.07 bits per heavy atom. The lowest BCUT2D eigenvalue weighted by molar-refractivity contribution is 0.00736. The highest BCUT2D eigenvalue weighted by Gasteiger charge is 2.43. The zero-order valence-electron chi connectivity index (χ0n) is 9.62. The lowest BCUT2D eigenvalue weighted by atomic mass is 10.0. The van der Waals surface area contributed by atoms with Gasteiger partial charge in [0.05, 0.1) is 30.9 Å². The summed E-state index contributed by atoms with van der Waals surface area (Å²) in [4.78, 5) is 0.606. The smallest absolute Gasteiger partial charge is 0.0733 e.